The van der Waals surface area contributed by atoms with Gasteiger partial charge in [-0.25, -0.2) is 0 Å². The number of hydrogen-bond donors (Lipinski definition) is 0. The largest absolute Gasteiger partial charge is 0.254 e. The van der Waals surface area contributed by atoms with Crippen LogP contribution < -0.4 is 0 Å². The van der Waals surface area contributed by atoms with Gasteiger partial charge in [-0.3, -0.25) is 4.21 Å². The molecule has 0 amide bonds. The van der Waals surface area contributed by atoms with Gasteiger partial charge in [0.15, 0.2) is 0 Å². The van der Waals surface area contributed by atoms with Crippen molar-refractivity contribution < 1.29 is 4.21 Å². The minimum Gasteiger partial charge on any atom is -0.254 e. The first kappa shape index (κ1) is 10.9. The van der Waals surface area contributed by atoms with E-state index in [1.54, 1.807) is 0 Å². The monoisotopic (exact) mass is 222 g/mol. The van der Waals surface area contributed by atoms with Gasteiger partial charge >= 0.3 is 0 Å². The molecule has 1 aromatic rings. The van der Waals surface area contributed by atoms with Gasteiger partial charge in [-0.05, 0) is 30.9 Å². The Bertz CT molecular complexity index is 334. The van der Waals surface area contributed by atoms with Crippen molar-refractivity contribution in [3.8, 4) is 0 Å². The molecule has 0 heterocycles. The van der Waals surface area contributed by atoms with Crippen LogP contribution in [0.15, 0.2) is 35.2 Å². The van der Waals surface area contributed by atoms with Crippen LogP contribution in [-0.2, 0) is 10.8 Å². The molecule has 0 N–H and O–H groups in total. The number of rotatable bonds is 2. The minimum absolute atomic E-state index is 0.385. The van der Waals surface area contributed by atoms with Crippen LogP contribution in [0.4, 0.5) is 0 Å². The summed E-state index contributed by atoms with van der Waals surface area (Å²) in [5.41, 5.74) is 0. The summed E-state index contributed by atoms with van der Waals surface area (Å²) in [4.78, 5) is 0.997. The van der Waals surface area contributed by atoms with Crippen molar-refractivity contribution in [2.75, 3.05) is 0 Å². The SMILES string of the molecule is C[C@@H]1CCC[C@H](S(=O)c2ccccc2)C1. The highest BCUT2D eigenvalue weighted by Gasteiger charge is 2.24. The van der Waals surface area contributed by atoms with Crippen molar-refractivity contribution in [1.29, 1.82) is 0 Å². The maximum atomic E-state index is 12.3. The minimum atomic E-state index is -0.791. The fraction of sp³-hybridized carbons (Fsp3) is 0.538. The van der Waals surface area contributed by atoms with Crippen LogP contribution in [0.25, 0.3) is 0 Å². The van der Waals surface area contributed by atoms with Crippen molar-refractivity contribution in [2.45, 2.75) is 42.8 Å². The predicted octanol–water partition coefficient (Wildman–Crippen LogP) is 3.37. The summed E-state index contributed by atoms with van der Waals surface area (Å²) in [6.07, 6.45) is 4.81. The summed E-state index contributed by atoms with van der Waals surface area (Å²) < 4.78 is 12.3. The van der Waals surface area contributed by atoms with Crippen molar-refractivity contribution in [2.24, 2.45) is 5.92 Å². The molecule has 3 atom stereocenters. The molecule has 0 aliphatic heterocycles. The van der Waals surface area contributed by atoms with Gasteiger partial charge in [0.2, 0.25) is 0 Å². The fourth-order valence-corrected chi connectivity index (χ4v) is 4.01. The average molecular weight is 222 g/mol. The molecule has 0 bridgehead atoms. The van der Waals surface area contributed by atoms with Gasteiger partial charge < -0.3 is 0 Å². The van der Waals surface area contributed by atoms with Crippen molar-refractivity contribution in [3.63, 3.8) is 0 Å². The summed E-state index contributed by atoms with van der Waals surface area (Å²) >= 11 is 0. The standard InChI is InChI=1S/C13H18OS/c1-11-6-5-9-13(10-11)15(14)12-7-3-2-4-8-12/h2-4,7-8,11,13H,5-6,9-10H2,1H3/t11-,13+,15?/m1/s1. The summed E-state index contributed by atoms with van der Waals surface area (Å²) in [5.74, 6) is 0.747. The Morgan fingerprint density at radius 2 is 1.93 bits per heavy atom. The lowest BCUT2D eigenvalue weighted by Crippen LogP contribution is -2.23. The molecule has 1 aliphatic carbocycles. The third kappa shape index (κ3) is 2.69. The smallest absolute Gasteiger partial charge is 0.0560 e. The third-order valence-electron chi connectivity index (χ3n) is 3.17. The molecule has 82 valence electrons. The van der Waals surface area contributed by atoms with E-state index in [2.05, 4.69) is 6.92 Å². The van der Waals surface area contributed by atoms with E-state index in [-0.39, 0.29) is 0 Å². The van der Waals surface area contributed by atoms with Crippen LogP contribution in [0, 0.1) is 5.92 Å². The number of benzene rings is 1. The van der Waals surface area contributed by atoms with E-state index in [0.29, 0.717) is 5.25 Å². The first-order valence-corrected chi connectivity index (χ1v) is 6.94. The van der Waals surface area contributed by atoms with E-state index in [1.165, 1.54) is 12.8 Å². The lowest BCUT2D eigenvalue weighted by Gasteiger charge is -2.25. The fourth-order valence-electron chi connectivity index (χ4n) is 2.32. The van der Waals surface area contributed by atoms with Crippen LogP contribution in [0.3, 0.4) is 0 Å². The van der Waals surface area contributed by atoms with E-state index in [0.717, 1.165) is 23.7 Å². The lowest BCUT2D eigenvalue weighted by molar-refractivity contribution is 0.389. The van der Waals surface area contributed by atoms with Gasteiger partial charge in [0.05, 0.1) is 10.8 Å². The molecule has 0 spiro atoms. The van der Waals surface area contributed by atoms with Crippen LogP contribution in [0.1, 0.15) is 32.6 Å². The Hall–Kier alpha value is -0.630. The molecule has 1 aromatic carbocycles. The van der Waals surface area contributed by atoms with Crippen LogP contribution >= 0.6 is 0 Å². The first-order chi connectivity index (χ1) is 7.27. The summed E-state index contributed by atoms with van der Waals surface area (Å²) in [7, 11) is -0.791. The maximum absolute atomic E-state index is 12.3. The Balaban J connectivity index is 2.08. The molecule has 0 radical (unpaired) electrons. The van der Waals surface area contributed by atoms with Crippen LogP contribution in [0.2, 0.25) is 0 Å². The summed E-state index contributed by atoms with van der Waals surface area (Å²) in [6, 6.07) is 9.88. The molecule has 1 fully saturated rings. The van der Waals surface area contributed by atoms with Gasteiger partial charge in [0.25, 0.3) is 0 Å². The molecule has 0 saturated heterocycles. The summed E-state index contributed by atoms with van der Waals surface area (Å²) in [6.45, 7) is 2.27. The molecular weight excluding hydrogens is 204 g/mol. The van der Waals surface area contributed by atoms with Gasteiger partial charge in [-0.1, -0.05) is 38.0 Å². The molecule has 1 saturated carbocycles. The zero-order valence-corrected chi connectivity index (χ0v) is 10.0. The van der Waals surface area contributed by atoms with Gasteiger partial charge in [0, 0.05) is 10.1 Å². The van der Waals surface area contributed by atoms with Gasteiger partial charge in [-0.15, -0.1) is 0 Å². The Morgan fingerprint density at radius 3 is 2.60 bits per heavy atom. The molecule has 0 aromatic heterocycles. The highest BCUT2D eigenvalue weighted by Crippen LogP contribution is 2.29. The second-order valence-corrected chi connectivity index (χ2v) is 6.24. The zero-order valence-electron chi connectivity index (χ0n) is 9.19. The Kier molecular flexibility index (Phi) is 3.57. The van der Waals surface area contributed by atoms with E-state index in [9.17, 15) is 4.21 Å². The van der Waals surface area contributed by atoms with E-state index in [4.69, 9.17) is 0 Å². The highest BCUT2D eigenvalue weighted by atomic mass is 32.2. The zero-order chi connectivity index (χ0) is 10.7. The Morgan fingerprint density at radius 1 is 1.20 bits per heavy atom. The maximum Gasteiger partial charge on any atom is 0.0560 e. The van der Waals surface area contributed by atoms with Crippen molar-refractivity contribution >= 4 is 10.8 Å². The van der Waals surface area contributed by atoms with E-state index >= 15 is 0 Å². The molecule has 2 heteroatoms. The molecule has 2 rings (SSSR count). The topological polar surface area (TPSA) is 17.1 Å². The lowest BCUT2D eigenvalue weighted by atomic mass is 9.91. The second kappa shape index (κ2) is 4.93. The molecule has 1 aliphatic rings. The van der Waals surface area contributed by atoms with Crippen molar-refractivity contribution in [3.05, 3.63) is 30.3 Å². The van der Waals surface area contributed by atoms with Crippen LogP contribution in [-0.4, -0.2) is 9.46 Å². The molecule has 1 unspecified atom stereocenters. The predicted molar refractivity (Wildman–Crippen MR) is 64.3 cm³/mol. The molecular formula is C13H18OS. The normalized spacial score (nSPS) is 28.6. The molecule has 1 nitrogen and oxygen atoms in total. The van der Waals surface area contributed by atoms with Crippen molar-refractivity contribution in [1.82, 2.24) is 0 Å². The first-order valence-electron chi connectivity index (χ1n) is 5.73. The average Bonchev–Trinajstić information content (AvgIpc) is 2.29. The van der Waals surface area contributed by atoms with E-state index < -0.39 is 10.8 Å². The quantitative estimate of drug-likeness (QED) is 0.750. The highest BCUT2D eigenvalue weighted by molar-refractivity contribution is 7.85. The molecule has 15 heavy (non-hydrogen) atoms. The Labute approximate surface area is 94.4 Å². The summed E-state index contributed by atoms with van der Waals surface area (Å²) in [5, 5.41) is 0.385. The second-order valence-electron chi connectivity index (χ2n) is 4.50. The van der Waals surface area contributed by atoms with Gasteiger partial charge in [0.1, 0.15) is 0 Å². The van der Waals surface area contributed by atoms with E-state index in [1.807, 2.05) is 30.3 Å². The number of hydrogen-bond acceptors (Lipinski definition) is 1. The third-order valence-corrected chi connectivity index (χ3v) is 4.94. The van der Waals surface area contributed by atoms with Crippen LogP contribution in [0.5, 0.6) is 0 Å². The van der Waals surface area contributed by atoms with Gasteiger partial charge in [-0.2, -0.15) is 0 Å².